The highest BCUT2D eigenvalue weighted by Gasteiger charge is 2.19. The van der Waals surface area contributed by atoms with Gasteiger partial charge in [-0.3, -0.25) is 4.79 Å². The monoisotopic (exact) mass is 547 g/mol. The van der Waals surface area contributed by atoms with Crippen LogP contribution in [0.5, 0.6) is 0 Å². The minimum absolute atomic E-state index is 0.0944. The molecule has 3 heterocycles. The molecule has 0 spiro atoms. The van der Waals surface area contributed by atoms with Gasteiger partial charge in [0.15, 0.2) is 5.82 Å². The number of hydrogen-bond acceptors (Lipinski definition) is 7. The van der Waals surface area contributed by atoms with E-state index in [0.29, 0.717) is 36.8 Å². The van der Waals surface area contributed by atoms with Gasteiger partial charge >= 0.3 is 6.03 Å². The molecule has 1 aliphatic rings. The first-order chi connectivity index (χ1) is 20.0. The summed E-state index contributed by atoms with van der Waals surface area (Å²) in [4.78, 5) is 36.0. The maximum atomic E-state index is 12.6. The molecule has 5 aromatic rings. The quantitative estimate of drug-likeness (QED) is 0.251. The van der Waals surface area contributed by atoms with E-state index in [0.717, 1.165) is 52.3 Å². The molecule has 2 amide bonds. The molecule has 2 aromatic heterocycles. The second-order valence-electron chi connectivity index (χ2n) is 9.91. The van der Waals surface area contributed by atoms with Crippen LogP contribution in [0, 0.1) is 0 Å². The number of aromatic nitrogens is 2. The lowest BCUT2D eigenvalue weighted by atomic mass is 10.1. The Hall–Kier alpha value is -5.02. The number of hydrogen-bond donors (Lipinski definition) is 2. The first kappa shape index (κ1) is 26.2. The molecular weight excluding hydrogens is 518 g/mol. The summed E-state index contributed by atoms with van der Waals surface area (Å²) in [5, 5.41) is 6.64. The van der Waals surface area contributed by atoms with Gasteiger partial charge in [0, 0.05) is 47.4 Å². The normalized spacial score (nSPS) is 13.2. The summed E-state index contributed by atoms with van der Waals surface area (Å²) in [5.74, 6) is 2.34. The van der Waals surface area contributed by atoms with Crippen molar-refractivity contribution in [2.24, 2.45) is 0 Å². The van der Waals surface area contributed by atoms with Crippen molar-refractivity contribution in [2.45, 2.75) is 13.3 Å². The number of ketones is 1. The number of Topliss-reactive ketones (excluding diaryl/α,β-unsaturated/α-hetero) is 1. The highest BCUT2D eigenvalue weighted by Crippen LogP contribution is 2.32. The summed E-state index contributed by atoms with van der Waals surface area (Å²) >= 11 is 0. The number of amides is 2. The number of nitrogens with one attached hydrogen (secondary N) is 2. The number of benzene rings is 3. The van der Waals surface area contributed by atoms with Crippen molar-refractivity contribution < 1.29 is 18.7 Å². The minimum Gasteiger partial charge on any atom is -0.464 e. The zero-order valence-corrected chi connectivity index (χ0v) is 22.6. The van der Waals surface area contributed by atoms with Crippen LogP contribution in [-0.4, -0.2) is 48.1 Å². The number of ether oxygens (including phenoxy) is 1. The van der Waals surface area contributed by atoms with Crippen LogP contribution in [0.2, 0.25) is 0 Å². The van der Waals surface area contributed by atoms with Gasteiger partial charge in [0.25, 0.3) is 0 Å². The van der Waals surface area contributed by atoms with Crippen LogP contribution in [0.15, 0.2) is 89.5 Å². The predicted octanol–water partition coefficient (Wildman–Crippen LogP) is 6.17. The number of carbonyl (C=O) groups excluding carboxylic acids is 2. The Morgan fingerprint density at radius 1 is 0.854 bits per heavy atom. The molecule has 0 unspecified atom stereocenters. The summed E-state index contributed by atoms with van der Waals surface area (Å²) in [6.07, 6.45) is 2.03. The van der Waals surface area contributed by atoms with Crippen LogP contribution in [0.4, 0.5) is 22.0 Å². The fraction of sp³-hybridized carbons (Fsp3) is 0.188. The Labute approximate surface area is 237 Å². The van der Waals surface area contributed by atoms with Crippen molar-refractivity contribution >= 4 is 39.9 Å². The van der Waals surface area contributed by atoms with E-state index in [1.165, 1.54) is 0 Å². The minimum atomic E-state index is -0.362. The molecule has 0 bridgehead atoms. The van der Waals surface area contributed by atoms with E-state index in [2.05, 4.69) is 15.5 Å². The summed E-state index contributed by atoms with van der Waals surface area (Å²) < 4.78 is 11.2. The van der Waals surface area contributed by atoms with Crippen LogP contribution in [0.1, 0.15) is 12.5 Å². The van der Waals surface area contributed by atoms with Gasteiger partial charge in [-0.2, -0.15) is 0 Å². The van der Waals surface area contributed by atoms with Crippen molar-refractivity contribution in [1.29, 1.82) is 0 Å². The van der Waals surface area contributed by atoms with E-state index in [1.807, 2.05) is 66.7 Å². The summed E-state index contributed by atoms with van der Waals surface area (Å²) in [7, 11) is 0. The maximum Gasteiger partial charge on any atom is 0.323 e. The van der Waals surface area contributed by atoms with Crippen LogP contribution in [0.25, 0.3) is 33.6 Å². The SMILES string of the molecule is CC(=O)Cc1ccc(NC(=O)Nc2ccc(-c3nc(N4CCOCC4)c4ccc(-c5ccco5)cc4n3)cc2)cc1. The number of fused-ring (bicyclic) bond motifs is 1. The molecule has 0 saturated carbocycles. The summed E-state index contributed by atoms with van der Waals surface area (Å²) in [5.41, 5.74) is 4.77. The first-order valence-electron chi connectivity index (χ1n) is 13.5. The smallest absolute Gasteiger partial charge is 0.323 e. The van der Waals surface area contributed by atoms with Gasteiger partial charge in [0.05, 0.1) is 25.0 Å². The predicted molar refractivity (Wildman–Crippen MR) is 159 cm³/mol. The van der Waals surface area contributed by atoms with Gasteiger partial charge < -0.3 is 24.7 Å². The van der Waals surface area contributed by atoms with E-state index in [1.54, 1.807) is 25.3 Å². The maximum absolute atomic E-state index is 12.6. The Bertz CT molecular complexity index is 1680. The summed E-state index contributed by atoms with van der Waals surface area (Å²) in [6, 6.07) is 24.2. The molecule has 0 aliphatic carbocycles. The molecule has 1 aliphatic heterocycles. The lowest BCUT2D eigenvalue weighted by Crippen LogP contribution is -2.37. The molecule has 0 radical (unpaired) electrons. The fourth-order valence-electron chi connectivity index (χ4n) is 4.84. The summed E-state index contributed by atoms with van der Waals surface area (Å²) in [6.45, 7) is 4.36. The molecular formula is C32H29N5O4. The van der Waals surface area contributed by atoms with E-state index in [-0.39, 0.29) is 11.8 Å². The second kappa shape index (κ2) is 11.6. The highest BCUT2D eigenvalue weighted by atomic mass is 16.5. The van der Waals surface area contributed by atoms with Gasteiger partial charge in [-0.25, -0.2) is 14.8 Å². The lowest BCUT2D eigenvalue weighted by molar-refractivity contribution is -0.116. The molecule has 1 fully saturated rings. The third-order valence-corrected chi connectivity index (χ3v) is 6.86. The van der Waals surface area contributed by atoms with E-state index in [4.69, 9.17) is 19.1 Å². The Morgan fingerprint density at radius 2 is 1.54 bits per heavy atom. The fourth-order valence-corrected chi connectivity index (χ4v) is 4.84. The molecule has 2 N–H and O–H groups in total. The Kier molecular flexibility index (Phi) is 7.42. The molecule has 1 saturated heterocycles. The number of urea groups is 1. The van der Waals surface area contributed by atoms with Crippen molar-refractivity contribution in [2.75, 3.05) is 41.8 Å². The molecule has 6 rings (SSSR count). The van der Waals surface area contributed by atoms with Crippen LogP contribution < -0.4 is 15.5 Å². The number of anilines is 3. The molecule has 9 nitrogen and oxygen atoms in total. The topological polar surface area (TPSA) is 110 Å². The zero-order valence-electron chi connectivity index (χ0n) is 22.6. The lowest BCUT2D eigenvalue weighted by Gasteiger charge is -2.29. The standard InChI is InChI=1S/C32H29N5O4/c1-21(38)19-22-4-9-25(10-5-22)33-32(39)34-26-11-6-23(7-12-26)30-35-28-20-24(29-3-2-16-41-29)8-13-27(28)31(36-30)37-14-17-40-18-15-37/h2-13,16,20H,14-15,17-19H2,1H3,(H2,33,34,39). The average Bonchev–Trinajstić information content (AvgIpc) is 3.53. The molecule has 206 valence electrons. The molecule has 9 heteroatoms. The van der Waals surface area contributed by atoms with E-state index in [9.17, 15) is 9.59 Å². The second-order valence-corrected chi connectivity index (χ2v) is 9.91. The number of rotatable bonds is 7. The largest absolute Gasteiger partial charge is 0.464 e. The van der Waals surface area contributed by atoms with Crippen LogP contribution in [0.3, 0.4) is 0 Å². The van der Waals surface area contributed by atoms with Crippen LogP contribution >= 0.6 is 0 Å². The Balaban J connectivity index is 1.23. The third-order valence-electron chi connectivity index (χ3n) is 6.86. The van der Waals surface area contributed by atoms with Gasteiger partial charge in [-0.05, 0) is 73.2 Å². The van der Waals surface area contributed by atoms with E-state index < -0.39 is 0 Å². The number of furan rings is 1. The molecule has 3 aromatic carbocycles. The Morgan fingerprint density at radius 3 is 2.20 bits per heavy atom. The number of morpholine rings is 1. The highest BCUT2D eigenvalue weighted by molar-refractivity contribution is 6.00. The van der Waals surface area contributed by atoms with E-state index >= 15 is 0 Å². The van der Waals surface area contributed by atoms with Crippen molar-refractivity contribution in [1.82, 2.24) is 9.97 Å². The van der Waals surface area contributed by atoms with Crippen molar-refractivity contribution in [3.63, 3.8) is 0 Å². The number of nitrogens with zero attached hydrogens (tertiary/aromatic N) is 3. The van der Waals surface area contributed by atoms with Gasteiger partial charge in [0.2, 0.25) is 0 Å². The molecule has 41 heavy (non-hydrogen) atoms. The van der Waals surface area contributed by atoms with Gasteiger partial charge in [-0.15, -0.1) is 0 Å². The average molecular weight is 548 g/mol. The van der Waals surface area contributed by atoms with Crippen LogP contribution in [-0.2, 0) is 16.0 Å². The zero-order chi connectivity index (χ0) is 28.2. The first-order valence-corrected chi connectivity index (χ1v) is 13.5. The molecule has 0 atom stereocenters. The van der Waals surface area contributed by atoms with Crippen molar-refractivity contribution in [3.8, 4) is 22.7 Å². The van der Waals surface area contributed by atoms with Gasteiger partial charge in [-0.1, -0.05) is 18.2 Å². The van der Waals surface area contributed by atoms with Crippen molar-refractivity contribution in [3.05, 3.63) is 90.7 Å². The third kappa shape index (κ3) is 6.10. The van der Waals surface area contributed by atoms with Gasteiger partial charge in [0.1, 0.15) is 17.4 Å². The number of carbonyl (C=O) groups is 2.